The van der Waals surface area contributed by atoms with Crippen LogP contribution in [0.25, 0.3) is 11.6 Å². The Morgan fingerprint density at radius 3 is 2.73 bits per heavy atom. The number of benzene rings is 1. The van der Waals surface area contributed by atoms with Crippen molar-refractivity contribution in [3.05, 3.63) is 58.9 Å². The lowest BCUT2D eigenvalue weighted by Crippen LogP contribution is -1.87. The van der Waals surface area contributed by atoms with E-state index in [4.69, 9.17) is 0 Å². The molecule has 0 radical (unpaired) electrons. The van der Waals surface area contributed by atoms with E-state index in [-0.39, 0.29) is 0 Å². The van der Waals surface area contributed by atoms with Gasteiger partial charge in [0, 0.05) is 18.3 Å². The number of H-pyrrole nitrogens is 1. The van der Waals surface area contributed by atoms with Crippen LogP contribution < -0.4 is 0 Å². The highest BCUT2D eigenvalue weighted by molar-refractivity contribution is 5.88. The third-order valence-corrected chi connectivity index (χ3v) is 3.04. The Labute approximate surface area is 89.5 Å². The third-order valence-electron chi connectivity index (χ3n) is 3.04. The maximum atomic E-state index is 3.31. The van der Waals surface area contributed by atoms with Gasteiger partial charge in [0.2, 0.25) is 0 Å². The zero-order valence-electron chi connectivity index (χ0n) is 8.75. The number of rotatable bonds is 1. The van der Waals surface area contributed by atoms with Gasteiger partial charge in [-0.15, -0.1) is 0 Å². The van der Waals surface area contributed by atoms with Crippen molar-refractivity contribution >= 4 is 11.6 Å². The summed E-state index contributed by atoms with van der Waals surface area (Å²) in [5.41, 5.74) is 6.81. The van der Waals surface area contributed by atoms with Gasteiger partial charge in [-0.05, 0) is 41.3 Å². The molecule has 1 aromatic heterocycles. The van der Waals surface area contributed by atoms with E-state index in [1.807, 2.05) is 6.20 Å². The van der Waals surface area contributed by atoms with Gasteiger partial charge in [-0.2, -0.15) is 0 Å². The molecule has 0 bridgehead atoms. The Bertz CT molecular complexity index is 532. The maximum Gasteiger partial charge on any atom is 0.0446 e. The molecule has 1 nitrogen and oxygen atoms in total. The number of aromatic amines is 1. The van der Waals surface area contributed by atoms with Crippen LogP contribution in [0.2, 0.25) is 0 Å². The summed E-state index contributed by atoms with van der Waals surface area (Å²) in [6.07, 6.45) is 5.35. The normalized spacial score (nSPS) is 13.8. The first-order valence-electron chi connectivity index (χ1n) is 5.27. The highest BCUT2D eigenvalue weighted by Gasteiger charge is 2.15. The molecule has 0 saturated heterocycles. The molecule has 0 unspecified atom stereocenters. The first-order chi connectivity index (χ1) is 7.34. The first-order valence-corrected chi connectivity index (χ1v) is 5.27. The van der Waals surface area contributed by atoms with Crippen LogP contribution in [-0.2, 0) is 6.42 Å². The zero-order chi connectivity index (χ0) is 10.3. The summed E-state index contributed by atoms with van der Waals surface area (Å²) in [6, 6.07) is 10.7. The fourth-order valence-electron chi connectivity index (χ4n) is 2.23. The summed E-state index contributed by atoms with van der Waals surface area (Å²) in [5, 5.41) is 0. The second-order valence-electron chi connectivity index (χ2n) is 4.08. The van der Waals surface area contributed by atoms with Crippen molar-refractivity contribution in [3.8, 4) is 0 Å². The molecule has 1 aromatic carbocycles. The lowest BCUT2D eigenvalue weighted by atomic mass is 10.1. The molecule has 3 rings (SSSR count). The SMILES string of the molecule is Cc1cc[nH]c1C1=Cc2ccccc2C1. The number of allylic oxidation sites excluding steroid dienone is 1. The monoisotopic (exact) mass is 195 g/mol. The van der Waals surface area contributed by atoms with Gasteiger partial charge in [0.05, 0.1) is 0 Å². The Morgan fingerprint density at radius 1 is 1.13 bits per heavy atom. The van der Waals surface area contributed by atoms with Crippen LogP contribution in [0.3, 0.4) is 0 Å². The second-order valence-corrected chi connectivity index (χ2v) is 4.08. The quantitative estimate of drug-likeness (QED) is 0.717. The van der Waals surface area contributed by atoms with Crippen molar-refractivity contribution < 1.29 is 0 Å². The van der Waals surface area contributed by atoms with Crippen LogP contribution in [0.5, 0.6) is 0 Å². The summed E-state index contributed by atoms with van der Waals surface area (Å²) in [4.78, 5) is 3.31. The van der Waals surface area contributed by atoms with Gasteiger partial charge in [0.1, 0.15) is 0 Å². The van der Waals surface area contributed by atoms with E-state index in [0.717, 1.165) is 6.42 Å². The predicted molar refractivity (Wildman–Crippen MR) is 63.5 cm³/mol. The molecule has 74 valence electrons. The van der Waals surface area contributed by atoms with Gasteiger partial charge >= 0.3 is 0 Å². The molecule has 0 spiro atoms. The largest absolute Gasteiger partial charge is 0.361 e. The van der Waals surface area contributed by atoms with E-state index in [2.05, 4.69) is 48.3 Å². The van der Waals surface area contributed by atoms with Gasteiger partial charge in [-0.3, -0.25) is 0 Å². The number of aromatic nitrogens is 1. The van der Waals surface area contributed by atoms with Crippen LogP contribution in [-0.4, -0.2) is 4.98 Å². The molecule has 0 atom stereocenters. The average Bonchev–Trinajstić information content (AvgIpc) is 2.82. The topological polar surface area (TPSA) is 15.8 Å². The van der Waals surface area contributed by atoms with E-state index < -0.39 is 0 Å². The molecule has 15 heavy (non-hydrogen) atoms. The number of hydrogen-bond acceptors (Lipinski definition) is 0. The van der Waals surface area contributed by atoms with Gasteiger partial charge in [0.15, 0.2) is 0 Å². The Kier molecular flexibility index (Phi) is 1.78. The second kappa shape index (κ2) is 3.13. The van der Waals surface area contributed by atoms with E-state index in [0.29, 0.717) is 0 Å². The number of fused-ring (bicyclic) bond motifs is 1. The van der Waals surface area contributed by atoms with E-state index in [1.54, 1.807) is 0 Å². The minimum atomic E-state index is 1.05. The van der Waals surface area contributed by atoms with Crippen molar-refractivity contribution in [2.24, 2.45) is 0 Å². The molecule has 1 aliphatic rings. The van der Waals surface area contributed by atoms with Crippen LogP contribution in [0.4, 0.5) is 0 Å². The van der Waals surface area contributed by atoms with Crippen molar-refractivity contribution in [3.63, 3.8) is 0 Å². The number of hydrogen-bond donors (Lipinski definition) is 1. The molecule has 0 saturated carbocycles. The van der Waals surface area contributed by atoms with Crippen LogP contribution >= 0.6 is 0 Å². The van der Waals surface area contributed by atoms with E-state index >= 15 is 0 Å². The van der Waals surface area contributed by atoms with Gasteiger partial charge in [-0.25, -0.2) is 0 Å². The number of nitrogens with one attached hydrogen (secondary N) is 1. The maximum absolute atomic E-state index is 3.31. The molecular weight excluding hydrogens is 182 g/mol. The average molecular weight is 195 g/mol. The van der Waals surface area contributed by atoms with Crippen LogP contribution in [0, 0.1) is 6.92 Å². The fraction of sp³-hybridized carbons (Fsp3) is 0.143. The fourth-order valence-corrected chi connectivity index (χ4v) is 2.23. The lowest BCUT2D eigenvalue weighted by Gasteiger charge is -2.00. The van der Waals surface area contributed by atoms with Crippen molar-refractivity contribution in [2.45, 2.75) is 13.3 Å². The van der Waals surface area contributed by atoms with Gasteiger partial charge in [-0.1, -0.05) is 24.3 Å². The lowest BCUT2D eigenvalue weighted by molar-refractivity contribution is 1.24. The molecule has 2 aromatic rings. The summed E-state index contributed by atoms with van der Waals surface area (Å²) in [5.74, 6) is 0. The summed E-state index contributed by atoms with van der Waals surface area (Å²) in [6.45, 7) is 2.15. The summed E-state index contributed by atoms with van der Waals surface area (Å²) in [7, 11) is 0. The Morgan fingerprint density at radius 2 is 2.00 bits per heavy atom. The Balaban J connectivity index is 2.05. The molecule has 0 fully saturated rings. The summed E-state index contributed by atoms with van der Waals surface area (Å²) >= 11 is 0. The van der Waals surface area contributed by atoms with Gasteiger partial charge < -0.3 is 4.98 Å². The van der Waals surface area contributed by atoms with E-state index in [9.17, 15) is 0 Å². The van der Waals surface area contributed by atoms with Crippen LogP contribution in [0.1, 0.15) is 22.4 Å². The Hall–Kier alpha value is -1.76. The molecule has 1 heterocycles. The highest BCUT2D eigenvalue weighted by atomic mass is 14.7. The zero-order valence-corrected chi connectivity index (χ0v) is 8.75. The molecule has 0 amide bonds. The van der Waals surface area contributed by atoms with Crippen molar-refractivity contribution in [2.75, 3.05) is 0 Å². The minimum Gasteiger partial charge on any atom is -0.361 e. The predicted octanol–water partition coefficient (Wildman–Crippen LogP) is 3.42. The standard InChI is InChI=1S/C14H13N/c1-10-6-7-15-14(10)13-8-11-4-2-3-5-12(11)9-13/h2-8,15H,9H2,1H3. The van der Waals surface area contributed by atoms with Crippen molar-refractivity contribution in [1.82, 2.24) is 4.98 Å². The minimum absolute atomic E-state index is 1.05. The molecule has 1 heteroatoms. The third kappa shape index (κ3) is 1.32. The van der Waals surface area contributed by atoms with Crippen LogP contribution in [0.15, 0.2) is 36.5 Å². The number of aryl methyl sites for hydroxylation is 1. The molecule has 0 aliphatic heterocycles. The van der Waals surface area contributed by atoms with Crippen molar-refractivity contribution in [1.29, 1.82) is 0 Å². The summed E-state index contributed by atoms with van der Waals surface area (Å²) < 4.78 is 0. The van der Waals surface area contributed by atoms with E-state index in [1.165, 1.54) is 28.0 Å². The highest BCUT2D eigenvalue weighted by Crippen LogP contribution is 2.31. The molecular formula is C14H13N. The van der Waals surface area contributed by atoms with Gasteiger partial charge in [0.25, 0.3) is 0 Å². The smallest absolute Gasteiger partial charge is 0.0446 e. The molecule has 1 aliphatic carbocycles. The first kappa shape index (κ1) is 8.54. The molecule has 1 N–H and O–H groups in total.